The van der Waals surface area contributed by atoms with Gasteiger partial charge >= 0.3 is 0 Å². The van der Waals surface area contributed by atoms with Gasteiger partial charge in [0.15, 0.2) is 0 Å². The Balaban J connectivity index is 1.52. The van der Waals surface area contributed by atoms with E-state index in [4.69, 9.17) is 0 Å². The summed E-state index contributed by atoms with van der Waals surface area (Å²) in [5.74, 6) is 0. The second-order valence-electron chi connectivity index (χ2n) is 8.89. The normalized spacial score (nSPS) is 17.8. The summed E-state index contributed by atoms with van der Waals surface area (Å²) < 4.78 is 30.9. The molecule has 0 amide bonds. The summed E-state index contributed by atoms with van der Waals surface area (Å²) in [6.07, 6.45) is 7.47. The molecule has 1 aliphatic carbocycles. The third-order valence-electron chi connectivity index (χ3n) is 6.88. The third-order valence-corrected chi connectivity index (χ3v) is 8.27. The van der Waals surface area contributed by atoms with Gasteiger partial charge in [-0.2, -0.15) is 0 Å². The Morgan fingerprint density at radius 1 is 1.06 bits per heavy atom. The molecule has 1 aliphatic heterocycles. The highest BCUT2D eigenvalue weighted by atomic mass is 32.2. The van der Waals surface area contributed by atoms with E-state index in [9.17, 15) is 8.42 Å². The summed E-state index contributed by atoms with van der Waals surface area (Å²) in [6, 6.07) is 15.3. The van der Waals surface area contributed by atoms with Gasteiger partial charge in [-0.3, -0.25) is 9.62 Å². The Hall–Kier alpha value is -2.31. The van der Waals surface area contributed by atoms with E-state index >= 15 is 0 Å². The zero-order valence-electron chi connectivity index (χ0n) is 18.2. The highest BCUT2D eigenvalue weighted by molar-refractivity contribution is 7.92. The number of anilines is 1. The van der Waals surface area contributed by atoms with E-state index in [0.717, 1.165) is 32.5 Å². The Morgan fingerprint density at radius 3 is 2.58 bits per heavy atom. The summed E-state index contributed by atoms with van der Waals surface area (Å²) in [5.41, 5.74) is 4.69. The molecule has 0 spiro atoms. The molecule has 1 saturated carbocycles. The van der Waals surface area contributed by atoms with Crippen molar-refractivity contribution in [2.75, 3.05) is 11.3 Å². The van der Waals surface area contributed by atoms with Crippen molar-refractivity contribution in [2.24, 2.45) is 0 Å². The second-order valence-corrected chi connectivity index (χ2v) is 10.6. The molecule has 0 unspecified atom stereocenters. The van der Waals surface area contributed by atoms with Crippen LogP contribution >= 0.6 is 0 Å². The Morgan fingerprint density at radius 2 is 1.84 bits per heavy atom. The number of hydrogen-bond donors (Lipinski definition) is 1. The van der Waals surface area contributed by atoms with Crippen molar-refractivity contribution in [1.29, 1.82) is 0 Å². The summed E-state index contributed by atoms with van der Waals surface area (Å²) in [5, 5.41) is 1.19. The molecule has 2 aromatic carbocycles. The summed E-state index contributed by atoms with van der Waals surface area (Å²) in [6.45, 7) is 5.33. The lowest BCUT2D eigenvalue weighted by Crippen LogP contribution is -2.38. The van der Waals surface area contributed by atoms with Crippen molar-refractivity contribution in [2.45, 2.75) is 69.5 Å². The zero-order chi connectivity index (χ0) is 21.4. The fourth-order valence-electron chi connectivity index (χ4n) is 5.41. The number of sulfonamides is 1. The largest absolute Gasteiger partial charge is 0.344 e. The van der Waals surface area contributed by atoms with E-state index in [0.29, 0.717) is 11.7 Å². The van der Waals surface area contributed by atoms with Crippen LogP contribution in [0.25, 0.3) is 10.9 Å². The van der Waals surface area contributed by atoms with Gasteiger partial charge in [0.05, 0.1) is 4.90 Å². The maximum absolute atomic E-state index is 12.8. The van der Waals surface area contributed by atoms with Crippen LogP contribution in [0.4, 0.5) is 5.69 Å². The number of hydrogen-bond acceptors (Lipinski definition) is 3. The summed E-state index contributed by atoms with van der Waals surface area (Å²) in [4.78, 5) is 2.94. The first-order chi connectivity index (χ1) is 15.1. The molecule has 164 valence electrons. The van der Waals surface area contributed by atoms with E-state index in [-0.39, 0.29) is 4.90 Å². The molecule has 3 aromatic rings. The van der Waals surface area contributed by atoms with Crippen molar-refractivity contribution < 1.29 is 8.42 Å². The summed E-state index contributed by atoms with van der Waals surface area (Å²) >= 11 is 0. The minimum Gasteiger partial charge on any atom is -0.344 e. The maximum Gasteiger partial charge on any atom is 0.261 e. The second kappa shape index (κ2) is 8.32. The molecule has 5 rings (SSSR count). The highest BCUT2D eigenvalue weighted by Gasteiger charge is 2.29. The molecule has 0 radical (unpaired) electrons. The average molecular weight is 438 g/mol. The molecule has 6 heteroatoms. The van der Waals surface area contributed by atoms with Gasteiger partial charge in [0.2, 0.25) is 0 Å². The van der Waals surface area contributed by atoms with E-state index in [1.807, 2.05) is 18.2 Å². The van der Waals surface area contributed by atoms with Crippen molar-refractivity contribution in [3.05, 3.63) is 59.8 Å². The molecule has 5 nitrogen and oxygen atoms in total. The van der Waals surface area contributed by atoms with Crippen LogP contribution < -0.4 is 4.72 Å². The van der Waals surface area contributed by atoms with Crippen LogP contribution in [0.1, 0.15) is 50.3 Å². The number of nitrogens with one attached hydrogen (secondary N) is 1. The van der Waals surface area contributed by atoms with E-state index in [1.165, 1.54) is 47.8 Å². The minimum atomic E-state index is -3.60. The van der Waals surface area contributed by atoms with Gasteiger partial charge in [-0.1, -0.05) is 38.0 Å². The first kappa shape index (κ1) is 20.6. The number of nitrogens with zero attached hydrogens (tertiary/aromatic N) is 2. The molecular weight excluding hydrogens is 406 g/mol. The topological polar surface area (TPSA) is 54.3 Å². The monoisotopic (exact) mass is 437 g/mol. The smallest absolute Gasteiger partial charge is 0.261 e. The SMILES string of the molecule is CCCn1c2c(c3cc(NS(=O)(=O)c4ccccc4)ccc31)CN(C1CCCC1)CC2. The van der Waals surface area contributed by atoms with Gasteiger partial charge in [-0.05, 0) is 55.2 Å². The van der Waals surface area contributed by atoms with Gasteiger partial charge in [0.25, 0.3) is 10.0 Å². The molecule has 0 atom stereocenters. The number of aromatic nitrogens is 1. The van der Waals surface area contributed by atoms with Crippen molar-refractivity contribution >= 4 is 26.6 Å². The standard InChI is InChI=1S/C25H31N3O2S/c1-2-15-28-24-13-12-19(26-31(29,30)21-10-4-3-5-11-21)17-22(24)23-18-27(16-14-25(23)28)20-8-6-7-9-20/h3-5,10-13,17,20,26H,2,6-9,14-16,18H2,1H3. The quantitative estimate of drug-likeness (QED) is 0.580. The molecule has 31 heavy (non-hydrogen) atoms. The van der Waals surface area contributed by atoms with Crippen molar-refractivity contribution in [1.82, 2.24) is 9.47 Å². The number of aryl methyl sites for hydroxylation is 1. The Bertz CT molecular complexity index is 1180. The number of fused-ring (bicyclic) bond motifs is 3. The fraction of sp³-hybridized carbons (Fsp3) is 0.440. The lowest BCUT2D eigenvalue weighted by molar-refractivity contribution is 0.180. The average Bonchev–Trinajstić information content (AvgIpc) is 3.42. The third kappa shape index (κ3) is 3.87. The molecule has 0 saturated heterocycles. The minimum absolute atomic E-state index is 0.285. The predicted molar refractivity (Wildman–Crippen MR) is 126 cm³/mol. The van der Waals surface area contributed by atoms with Crippen LogP contribution in [0.15, 0.2) is 53.4 Å². The van der Waals surface area contributed by atoms with Crippen molar-refractivity contribution in [3.8, 4) is 0 Å². The molecular formula is C25H31N3O2S. The van der Waals surface area contributed by atoms with E-state index in [2.05, 4.69) is 27.2 Å². The molecule has 1 fully saturated rings. The Labute approximate surface area is 185 Å². The first-order valence-electron chi connectivity index (χ1n) is 11.5. The summed E-state index contributed by atoms with van der Waals surface area (Å²) in [7, 11) is -3.60. The van der Waals surface area contributed by atoms with Gasteiger partial charge in [0, 0.05) is 54.4 Å². The predicted octanol–water partition coefficient (Wildman–Crippen LogP) is 5.15. The fourth-order valence-corrected chi connectivity index (χ4v) is 6.48. The lowest BCUT2D eigenvalue weighted by atomic mass is 10.0. The molecule has 1 aromatic heterocycles. The van der Waals surface area contributed by atoms with Crippen LogP contribution in [-0.2, 0) is 29.5 Å². The Kier molecular flexibility index (Phi) is 5.52. The van der Waals surface area contributed by atoms with Crippen LogP contribution in [0.3, 0.4) is 0 Å². The molecule has 2 aliphatic rings. The lowest BCUT2D eigenvalue weighted by Gasteiger charge is -2.33. The zero-order valence-corrected chi connectivity index (χ0v) is 19.0. The number of rotatable bonds is 6. The van der Waals surface area contributed by atoms with Gasteiger partial charge in [0.1, 0.15) is 0 Å². The molecule has 0 bridgehead atoms. The first-order valence-corrected chi connectivity index (χ1v) is 13.0. The highest BCUT2D eigenvalue weighted by Crippen LogP contribution is 2.36. The van der Waals surface area contributed by atoms with E-state index < -0.39 is 10.0 Å². The number of benzene rings is 2. The van der Waals surface area contributed by atoms with Crippen LogP contribution in [0.2, 0.25) is 0 Å². The molecule has 2 heterocycles. The van der Waals surface area contributed by atoms with Gasteiger partial charge in [-0.25, -0.2) is 8.42 Å². The molecule has 1 N–H and O–H groups in total. The van der Waals surface area contributed by atoms with Crippen LogP contribution in [0, 0.1) is 0 Å². The maximum atomic E-state index is 12.8. The van der Waals surface area contributed by atoms with Crippen molar-refractivity contribution in [3.63, 3.8) is 0 Å². The van der Waals surface area contributed by atoms with Crippen LogP contribution in [-0.4, -0.2) is 30.5 Å². The van der Waals surface area contributed by atoms with Gasteiger partial charge < -0.3 is 4.57 Å². The van der Waals surface area contributed by atoms with Crippen LogP contribution in [0.5, 0.6) is 0 Å². The van der Waals surface area contributed by atoms with Gasteiger partial charge in [-0.15, -0.1) is 0 Å². The van der Waals surface area contributed by atoms with E-state index in [1.54, 1.807) is 24.3 Å².